The van der Waals surface area contributed by atoms with Gasteiger partial charge in [-0.2, -0.15) is 0 Å². The minimum atomic E-state index is -0.223. The van der Waals surface area contributed by atoms with Gasteiger partial charge in [0.15, 0.2) is 0 Å². The van der Waals surface area contributed by atoms with Gasteiger partial charge in [0.1, 0.15) is 9.88 Å². The molecule has 1 aliphatic heterocycles. The summed E-state index contributed by atoms with van der Waals surface area (Å²) in [5.41, 5.74) is 3.65. The lowest BCUT2D eigenvalue weighted by atomic mass is 9.94. The predicted octanol–water partition coefficient (Wildman–Crippen LogP) is 5.52. The maximum absolute atomic E-state index is 13.3. The van der Waals surface area contributed by atoms with E-state index in [1.165, 1.54) is 11.3 Å². The Kier molecular flexibility index (Phi) is 7.18. The quantitative estimate of drug-likeness (QED) is 0.523. The Morgan fingerprint density at radius 2 is 2.06 bits per heavy atom. The van der Waals surface area contributed by atoms with Crippen LogP contribution in [0.2, 0.25) is 0 Å². The number of likely N-dealkylation sites (tertiary alicyclic amines) is 1. The molecule has 1 aromatic carbocycles. The van der Waals surface area contributed by atoms with E-state index in [1.807, 2.05) is 42.2 Å². The number of anilines is 1. The van der Waals surface area contributed by atoms with Crippen LogP contribution in [0.5, 0.6) is 0 Å². The molecule has 7 heteroatoms. The minimum Gasteiger partial charge on any atom is -0.337 e. The van der Waals surface area contributed by atoms with Gasteiger partial charge in [-0.15, -0.1) is 11.3 Å². The van der Waals surface area contributed by atoms with Crippen molar-refractivity contribution in [3.63, 3.8) is 0 Å². The molecule has 0 spiro atoms. The lowest BCUT2D eigenvalue weighted by Crippen LogP contribution is -2.43. The van der Waals surface area contributed by atoms with Gasteiger partial charge in [-0.25, -0.2) is 4.98 Å². The lowest BCUT2D eigenvalue weighted by Gasteiger charge is -2.32. The van der Waals surface area contributed by atoms with Crippen LogP contribution in [0.1, 0.15) is 60.0 Å². The first-order valence-electron chi connectivity index (χ1n) is 11.5. The molecule has 33 heavy (non-hydrogen) atoms. The number of para-hydroxylation sites is 1. The van der Waals surface area contributed by atoms with E-state index >= 15 is 0 Å². The van der Waals surface area contributed by atoms with E-state index in [4.69, 9.17) is 0 Å². The fourth-order valence-corrected chi connectivity index (χ4v) is 5.25. The fourth-order valence-electron chi connectivity index (χ4n) is 4.22. The summed E-state index contributed by atoms with van der Waals surface area (Å²) in [5.74, 6) is 0.0888. The number of pyridine rings is 1. The zero-order valence-electron chi connectivity index (χ0n) is 19.4. The van der Waals surface area contributed by atoms with Crippen molar-refractivity contribution in [3.8, 4) is 10.6 Å². The largest absolute Gasteiger partial charge is 0.337 e. The van der Waals surface area contributed by atoms with Crippen LogP contribution >= 0.6 is 11.3 Å². The number of amides is 2. The predicted molar refractivity (Wildman–Crippen MR) is 132 cm³/mol. The summed E-state index contributed by atoms with van der Waals surface area (Å²) >= 11 is 1.39. The van der Waals surface area contributed by atoms with E-state index in [-0.39, 0.29) is 17.7 Å². The highest BCUT2D eigenvalue weighted by molar-refractivity contribution is 7.17. The first kappa shape index (κ1) is 23.1. The Bertz CT molecular complexity index is 1130. The van der Waals surface area contributed by atoms with Crippen molar-refractivity contribution in [1.82, 2.24) is 14.9 Å². The van der Waals surface area contributed by atoms with Crippen LogP contribution in [0.25, 0.3) is 10.6 Å². The molecule has 1 aliphatic rings. The molecule has 3 aromatic rings. The van der Waals surface area contributed by atoms with E-state index in [0.717, 1.165) is 46.8 Å². The molecule has 2 amide bonds. The number of nitrogens with one attached hydrogen (secondary N) is 1. The molecule has 1 N–H and O–H groups in total. The Morgan fingerprint density at radius 1 is 1.24 bits per heavy atom. The number of rotatable bonds is 6. The second-order valence-electron chi connectivity index (χ2n) is 8.65. The van der Waals surface area contributed by atoms with Gasteiger partial charge in [0.2, 0.25) is 5.91 Å². The zero-order valence-corrected chi connectivity index (χ0v) is 20.2. The van der Waals surface area contributed by atoms with Crippen molar-refractivity contribution in [2.75, 3.05) is 18.4 Å². The van der Waals surface area contributed by atoms with Crippen LogP contribution in [-0.2, 0) is 4.79 Å². The minimum absolute atomic E-state index is 0.0136. The van der Waals surface area contributed by atoms with Crippen LogP contribution in [0.4, 0.5) is 5.69 Å². The van der Waals surface area contributed by atoms with Gasteiger partial charge in [0.25, 0.3) is 5.91 Å². The van der Waals surface area contributed by atoms with Crippen molar-refractivity contribution >= 4 is 28.8 Å². The maximum Gasteiger partial charge on any atom is 0.265 e. The number of benzene rings is 1. The van der Waals surface area contributed by atoms with Crippen LogP contribution < -0.4 is 5.32 Å². The van der Waals surface area contributed by atoms with Gasteiger partial charge in [-0.05, 0) is 55.9 Å². The molecule has 0 saturated carbocycles. The molecular weight excluding hydrogens is 432 g/mol. The molecule has 1 fully saturated rings. The Hall–Kier alpha value is -3.06. The number of aryl methyl sites for hydroxylation is 1. The van der Waals surface area contributed by atoms with Gasteiger partial charge in [0.05, 0.1) is 11.6 Å². The zero-order chi connectivity index (χ0) is 23.4. The number of thiazole rings is 1. The number of hydrogen-bond acceptors (Lipinski definition) is 5. The monoisotopic (exact) mass is 462 g/mol. The van der Waals surface area contributed by atoms with Crippen molar-refractivity contribution in [1.29, 1.82) is 0 Å². The summed E-state index contributed by atoms with van der Waals surface area (Å²) in [7, 11) is 0. The molecule has 0 bridgehead atoms. The number of hydrogen-bond donors (Lipinski definition) is 1. The van der Waals surface area contributed by atoms with Gasteiger partial charge >= 0.3 is 0 Å². The summed E-state index contributed by atoms with van der Waals surface area (Å²) in [6.45, 7) is 7.27. The number of nitrogens with zero attached hydrogens (tertiary/aromatic N) is 3. The summed E-state index contributed by atoms with van der Waals surface area (Å²) < 4.78 is 0. The molecule has 0 aliphatic carbocycles. The van der Waals surface area contributed by atoms with Gasteiger partial charge in [-0.3, -0.25) is 14.6 Å². The fraction of sp³-hybridized carbons (Fsp3) is 0.385. The SMILES string of the molecule is CCC(C)c1ccccc1NC(=O)C1CCCN(C(=O)c2sc(-c3cccnc3)nc2C)C1. The van der Waals surface area contributed by atoms with E-state index in [9.17, 15) is 9.59 Å². The van der Waals surface area contributed by atoms with E-state index in [0.29, 0.717) is 23.9 Å². The third-order valence-corrected chi connectivity index (χ3v) is 7.54. The lowest BCUT2D eigenvalue weighted by molar-refractivity contribution is -0.121. The van der Waals surface area contributed by atoms with Gasteiger partial charge in [-0.1, -0.05) is 32.0 Å². The van der Waals surface area contributed by atoms with Crippen molar-refractivity contribution < 1.29 is 9.59 Å². The Morgan fingerprint density at radius 3 is 2.82 bits per heavy atom. The Balaban J connectivity index is 1.46. The van der Waals surface area contributed by atoms with Crippen LogP contribution in [0.3, 0.4) is 0 Å². The van der Waals surface area contributed by atoms with E-state index < -0.39 is 0 Å². The summed E-state index contributed by atoms with van der Waals surface area (Å²) in [6.07, 6.45) is 6.07. The molecule has 2 unspecified atom stereocenters. The highest BCUT2D eigenvalue weighted by Gasteiger charge is 2.31. The third-order valence-electron chi connectivity index (χ3n) is 6.34. The average molecular weight is 463 g/mol. The molecule has 6 nitrogen and oxygen atoms in total. The Labute approximate surface area is 199 Å². The molecule has 3 heterocycles. The maximum atomic E-state index is 13.3. The topological polar surface area (TPSA) is 75.2 Å². The molecule has 4 rings (SSSR count). The summed E-state index contributed by atoms with van der Waals surface area (Å²) in [4.78, 5) is 37.6. The number of carbonyl (C=O) groups excluding carboxylic acids is 2. The first-order chi connectivity index (χ1) is 16.0. The molecule has 2 atom stereocenters. The van der Waals surface area contributed by atoms with Crippen LogP contribution in [-0.4, -0.2) is 39.8 Å². The highest BCUT2D eigenvalue weighted by Crippen LogP contribution is 2.31. The van der Waals surface area contributed by atoms with E-state index in [2.05, 4.69) is 35.2 Å². The van der Waals surface area contributed by atoms with Crippen LogP contribution in [0.15, 0.2) is 48.8 Å². The average Bonchev–Trinajstić information content (AvgIpc) is 3.25. The second kappa shape index (κ2) is 10.3. The third kappa shape index (κ3) is 5.14. The van der Waals surface area contributed by atoms with Gasteiger partial charge < -0.3 is 10.2 Å². The normalized spacial score (nSPS) is 16.9. The number of aromatic nitrogens is 2. The van der Waals surface area contributed by atoms with Crippen LogP contribution in [0, 0.1) is 12.8 Å². The number of piperidine rings is 1. The van der Waals surface area contributed by atoms with Crippen molar-refractivity contribution in [3.05, 3.63) is 64.9 Å². The first-order valence-corrected chi connectivity index (χ1v) is 12.4. The standard InChI is InChI=1S/C26H30N4O2S/c1-4-17(2)21-11-5-6-12-22(21)29-24(31)20-10-8-14-30(16-20)26(32)23-18(3)28-25(33-23)19-9-7-13-27-15-19/h5-7,9,11-13,15,17,20H,4,8,10,14,16H2,1-3H3,(H,29,31). The van der Waals surface area contributed by atoms with Gasteiger partial charge in [0, 0.05) is 36.7 Å². The number of carbonyl (C=O) groups is 2. The molecule has 172 valence electrons. The highest BCUT2D eigenvalue weighted by atomic mass is 32.1. The molecule has 1 saturated heterocycles. The smallest absolute Gasteiger partial charge is 0.265 e. The summed E-state index contributed by atoms with van der Waals surface area (Å²) in [5, 5.41) is 3.93. The molecule has 2 aromatic heterocycles. The van der Waals surface area contributed by atoms with E-state index in [1.54, 1.807) is 12.4 Å². The molecule has 0 radical (unpaired) electrons. The van der Waals surface area contributed by atoms with Crippen molar-refractivity contribution in [2.24, 2.45) is 5.92 Å². The second-order valence-corrected chi connectivity index (χ2v) is 9.65. The summed E-state index contributed by atoms with van der Waals surface area (Å²) in [6, 6.07) is 11.8. The van der Waals surface area contributed by atoms with Crippen molar-refractivity contribution in [2.45, 2.75) is 46.0 Å². The molecular formula is C26H30N4O2S.